The van der Waals surface area contributed by atoms with Crippen molar-refractivity contribution in [1.82, 2.24) is 9.21 Å². The van der Waals surface area contributed by atoms with E-state index >= 15 is 0 Å². The van der Waals surface area contributed by atoms with Crippen LogP contribution in [0.4, 0.5) is 5.69 Å². The molecule has 162 valence electrons. The molecule has 6 nitrogen and oxygen atoms in total. The van der Waals surface area contributed by atoms with Crippen LogP contribution in [0.3, 0.4) is 0 Å². The Morgan fingerprint density at radius 3 is 2.47 bits per heavy atom. The van der Waals surface area contributed by atoms with Crippen molar-refractivity contribution in [3.05, 3.63) is 47.3 Å². The highest BCUT2D eigenvalue weighted by atomic mass is 32.2. The van der Waals surface area contributed by atoms with Gasteiger partial charge in [0.05, 0.1) is 0 Å². The minimum Gasteiger partial charge on any atom is -0.365 e. The molecule has 30 heavy (non-hydrogen) atoms. The third-order valence-electron chi connectivity index (χ3n) is 6.16. The number of sulfonamides is 1. The van der Waals surface area contributed by atoms with E-state index in [2.05, 4.69) is 43.0 Å². The molecular formula is C22H29N3O3S2. The Bertz CT molecular complexity index is 983. The number of hydrogen-bond acceptors (Lipinski definition) is 5. The van der Waals surface area contributed by atoms with E-state index in [0.29, 0.717) is 43.2 Å². The Morgan fingerprint density at radius 2 is 1.83 bits per heavy atom. The second-order valence-electron chi connectivity index (χ2n) is 8.28. The van der Waals surface area contributed by atoms with Crippen molar-refractivity contribution in [3.63, 3.8) is 0 Å². The second kappa shape index (κ2) is 8.69. The summed E-state index contributed by atoms with van der Waals surface area (Å²) in [6.45, 7) is 7.33. The zero-order valence-corrected chi connectivity index (χ0v) is 19.2. The first-order valence-electron chi connectivity index (χ1n) is 10.5. The van der Waals surface area contributed by atoms with Gasteiger partial charge in [-0.05, 0) is 55.8 Å². The van der Waals surface area contributed by atoms with Crippen molar-refractivity contribution >= 4 is 33.0 Å². The van der Waals surface area contributed by atoms with E-state index in [1.54, 1.807) is 17.5 Å². The molecule has 1 aromatic heterocycles. The van der Waals surface area contributed by atoms with Gasteiger partial charge in [-0.25, -0.2) is 8.42 Å². The number of thiophene rings is 1. The lowest BCUT2D eigenvalue weighted by Crippen LogP contribution is -2.55. The first-order valence-corrected chi connectivity index (χ1v) is 12.8. The highest BCUT2D eigenvalue weighted by Crippen LogP contribution is 2.28. The molecule has 3 heterocycles. The molecule has 4 rings (SSSR count). The van der Waals surface area contributed by atoms with E-state index in [0.717, 1.165) is 6.54 Å². The van der Waals surface area contributed by atoms with Crippen molar-refractivity contribution in [3.8, 4) is 0 Å². The fraction of sp³-hybridized carbons (Fsp3) is 0.500. The van der Waals surface area contributed by atoms with Crippen molar-refractivity contribution in [2.75, 3.05) is 37.6 Å². The van der Waals surface area contributed by atoms with Gasteiger partial charge in [-0.1, -0.05) is 18.2 Å². The van der Waals surface area contributed by atoms with Gasteiger partial charge in [-0.3, -0.25) is 4.79 Å². The van der Waals surface area contributed by atoms with E-state index in [-0.39, 0.29) is 17.9 Å². The number of benzene rings is 1. The van der Waals surface area contributed by atoms with Crippen molar-refractivity contribution in [2.24, 2.45) is 5.92 Å². The molecule has 0 bridgehead atoms. The lowest BCUT2D eigenvalue weighted by molar-refractivity contribution is -0.137. The van der Waals surface area contributed by atoms with Crippen LogP contribution in [0.15, 0.2) is 46.0 Å². The first-order chi connectivity index (χ1) is 14.4. The van der Waals surface area contributed by atoms with E-state index < -0.39 is 10.0 Å². The standard InChI is InChI=1S/C22H29N3O3S2/c1-17-5-3-6-20(15-17)25-13-12-23(16-18(25)2)22(26)19-8-10-24(11-9-19)30(27,28)21-7-4-14-29-21/h3-7,14-15,18-19H,8-13,16H2,1-2H3. The lowest BCUT2D eigenvalue weighted by atomic mass is 9.95. The van der Waals surface area contributed by atoms with E-state index in [1.807, 2.05) is 4.90 Å². The van der Waals surface area contributed by atoms with Gasteiger partial charge in [0.15, 0.2) is 0 Å². The van der Waals surface area contributed by atoms with Crippen molar-refractivity contribution in [2.45, 2.75) is 36.9 Å². The first kappa shape index (κ1) is 21.3. The molecule has 2 aromatic rings. The maximum absolute atomic E-state index is 13.1. The van der Waals surface area contributed by atoms with Crippen LogP contribution in [0.2, 0.25) is 0 Å². The molecule has 1 aromatic carbocycles. The van der Waals surface area contributed by atoms with Gasteiger partial charge in [-0.2, -0.15) is 4.31 Å². The molecule has 0 spiro atoms. The van der Waals surface area contributed by atoms with E-state index in [1.165, 1.54) is 26.9 Å². The Hall–Kier alpha value is -1.90. The van der Waals surface area contributed by atoms with Gasteiger partial charge in [0.25, 0.3) is 10.0 Å². The molecule has 1 unspecified atom stereocenters. The molecule has 2 aliphatic rings. The monoisotopic (exact) mass is 447 g/mol. The number of hydrogen-bond donors (Lipinski definition) is 0. The number of carbonyl (C=O) groups is 1. The molecule has 1 amide bonds. The number of piperazine rings is 1. The van der Waals surface area contributed by atoms with Crippen LogP contribution < -0.4 is 4.90 Å². The SMILES string of the molecule is Cc1cccc(N2CCN(C(=O)C3CCN(S(=O)(=O)c4cccs4)CC3)CC2C)c1. The highest BCUT2D eigenvalue weighted by Gasteiger charge is 2.36. The summed E-state index contributed by atoms with van der Waals surface area (Å²) in [6, 6.07) is 12.1. The molecule has 8 heteroatoms. The number of aryl methyl sites for hydroxylation is 1. The third-order valence-corrected chi connectivity index (χ3v) is 9.44. The van der Waals surface area contributed by atoms with Gasteiger partial charge in [-0.15, -0.1) is 11.3 Å². The number of nitrogens with zero attached hydrogens (tertiary/aromatic N) is 3. The van der Waals surface area contributed by atoms with Crippen LogP contribution >= 0.6 is 11.3 Å². The fourth-order valence-electron chi connectivity index (χ4n) is 4.49. The molecule has 0 aliphatic carbocycles. The van der Waals surface area contributed by atoms with Crippen molar-refractivity contribution in [1.29, 1.82) is 0 Å². The van der Waals surface area contributed by atoms with Gasteiger partial charge in [0.1, 0.15) is 4.21 Å². The Kier molecular flexibility index (Phi) is 6.18. The molecule has 2 fully saturated rings. The van der Waals surface area contributed by atoms with Crippen LogP contribution in [0.1, 0.15) is 25.3 Å². The summed E-state index contributed by atoms with van der Waals surface area (Å²) < 4.78 is 27.3. The summed E-state index contributed by atoms with van der Waals surface area (Å²) in [6.07, 6.45) is 1.19. The average Bonchev–Trinajstić information content (AvgIpc) is 3.29. The quantitative estimate of drug-likeness (QED) is 0.722. The molecule has 0 N–H and O–H groups in total. The number of carbonyl (C=O) groups excluding carboxylic acids is 1. The zero-order chi connectivity index (χ0) is 21.3. The van der Waals surface area contributed by atoms with Crippen molar-refractivity contribution < 1.29 is 13.2 Å². The van der Waals surface area contributed by atoms with Crippen LogP contribution in [0.25, 0.3) is 0 Å². The van der Waals surface area contributed by atoms with Gasteiger partial charge >= 0.3 is 0 Å². The fourth-order valence-corrected chi connectivity index (χ4v) is 7.10. The van der Waals surface area contributed by atoms with E-state index in [9.17, 15) is 13.2 Å². The van der Waals surface area contributed by atoms with Gasteiger partial charge < -0.3 is 9.80 Å². The topological polar surface area (TPSA) is 60.9 Å². The summed E-state index contributed by atoms with van der Waals surface area (Å²) in [4.78, 5) is 17.5. The number of piperidine rings is 1. The van der Waals surface area contributed by atoms with Crippen LogP contribution in [0.5, 0.6) is 0 Å². The van der Waals surface area contributed by atoms with Gasteiger partial charge in [0.2, 0.25) is 5.91 Å². The van der Waals surface area contributed by atoms with Crippen LogP contribution in [-0.4, -0.2) is 62.3 Å². The van der Waals surface area contributed by atoms with Gasteiger partial charge in [0, 0.05) is 50.4 Å². The Labute approximate surface area is 183 Å². The molecule has 2 saturated heterocycles. The zero-order valence-electron chi connectivity index (χ0n) is 17.5. The summed E-state index contributed by atoms with van der Waals surface area (Å²) in [5.41, 5.74) is 2.45. The number of amides is 1. The summed E-state index contributed by atoms with van der Waals surface area (Å²) >= 11 is 1.24. The summed E-state index contributed by atoms with van der Waals surface area (Å²) in [5.74, 6) is 0.0939. The predicted molar refractivity (Wildman–Crippen MR) is 120 cm³/mol. The molecule has 0 radical (unpaired) electrons. The minimum absolute atomic E-state index is 0.0856. The molecule has 1 atom stereocenters. The largest absolute Gasteiger partial charge is 0.365 e. The van der Waals surface area contributed by atoms with Crippen LogP contribution in [0, 0.1) is 12.8 Å². The normalized spacial score (nSPS) is 21.7. The molecule has 0 saturated carbocycles. The Morgan fingerprint density at radius 1 is 1.07 bits per heavy atom. The molecular weight excluding hydrogens is 418 g/mol. The Balaban J connectivity index is 1.34. The highest BCUT2D eigenvalue weighted by molar-refractivity contribution is 7.91. The van der Waals surface area contributed by atoms with E-state index in [4.69, 9.17) is 0 Å². The number of rotatable bonds is 4. The lowest BCUT2D eigenvalue weighted by Gasteiger charge is -2.43. The third kappa shape index (κ3) is 4.26. The second-order valence-corrected chi connectivity index (χ2v) is 11.4. The smallest absolute Gasteiger partial charge is 0.252 e. The maximum atomic E-state index is 13.1. The number of anilines is 1. The maximum Gasteiger partial charge on any atom is 0.252 e. The predicted octanol–water partition coefficient (Wildman–Crippen LogP) is 3.19. The van der Waals surface area contributed by atoms with Crippen LogP contribution in [-0.2, 0) is 14.8 Å². The minimum atomic E-state index is -3.42. The summed E-state index contributed by atoms with van der Waals surface area (Å²) in [7, 11) is -3.42. The molecule has 2 aliphatic heterocycles. The summed E-state index contributed by atoms with van der Waals surface area (Å²) in [5, 5.41) is 1.78. The average molecular weight is 448 g/mol.